The van der Waals surface area contributed by atoms with E-state index in [2.05, 4.69) is 15.0 Å². The van der Waals surface area contributed by atoms with Crippen LogP contribution in [0.25, 0.3) is 11.3 Å². The molecule has 0 atom stereocenters. The van der Waals surface area contributed by atoms with Crippen molar-refractivity contribution >= 4 is 23.4 Å². The second kappa shape index (κ2) is 7.03. The van der Waals surface area contributed by atoms with Crippen molar-refractivity contribution < 1.29 is 26.7 Å². The molecule has 160 valence electrons. The van der Waals surface area contributed by atoms with Gasteiger partial charge in [-0.1, -0.05) is 0 Å². The molecule has 2 aliphatic rings. The quantitative estimate of drug-likeness (QED) is 0.752. The summed E-state index contributed by atoms with van der Waals surface area (Å²) in [6.45, 7) is -0.588. The first-order valence-electron chi connectivity index (χ1n) is 9.13. The van der Waals surface area contributed by atoms with Crippen molar-refractivity contribution in [3.8, 4) is 11.3 Å². The molecule has 0 aromatic carbocycles. The molecule has 2 aliphatic heterocycles. The lowest BCUT2D eigenvalue weighted by atomic mass is 10.1. The summed E-state index contributed by atoms with van der Waals surface area (Å²) in [4.78, 5) is 26.7. The van der Waals surface area contributed by atoms with Gasteiger partial charge in [-0.15, -0.1) is 0 Å². The van der Waals surface area contributed by atoms with Crippen molar-refractivity contribution in [3.63, 3.8) is 0 Å². The minimum absolute atomic E-state index is 0.0621. The molecule has 2 aromatic heterocycles. The van der Waals surface area contributed by atoms with E-state index in [1.807, 2.05) is 0 Å². The summed E-state index contributed by atoms with van der Waals surface area (Å²) in [6, 6.07) is 1.93. The lowest BCUT2D eigenvalue weighted by Gasteiger charge is -2.40. The van der Waals surface area contributed by atoms with E-state index < -0.39 is 30.8 Å². The molecule has 0 saturated carbocycles. The number of halogens is 5. The molecule has 0 bridgehead atoms. The van der Waals surface area contributed by atoms with Crippen LogP contribution in [0.3, 0.4) is 0 Å². The Morgan fingerprint density at radius 2 is 1.70 bits per heavy atom. The first-order valence-corrected chi connectivity index (χ1v) is 9.13. The van der Waals surface area contributed by atoms with E-state index in [1.54, 1.807) is 4.90 Å². The molecular weight excluding hydrogens is 411 g/mol. The highest BCUT2D eigenvalue weighted by Crippen LogP contribution is 2.39. The maximum absolute atomic E-state index is 13.6. The predicted octanol–water partition coefficient (Wildman–Crippen LogP) is 2.76. The zero-order valence-electron chi connectivity index (χ0n) is 15.6. The van der Waals surface area contributed by atoms with E-state index in [4.69, 9.17) is 5.73 Å². The van der Waals surface area contributed by atoms with Crippen LogP contribution in [0.1, 0.15) is 18.4 Å². The molecule has 2 N–H and O–H groups in total. The molecule has 2 fully saturated rings. The highest BCUT2D eigenvalue weighted by Gasteiger charge is 2.45. The summed E-state index contributed by atoms with van der Waals surface area (Å²) in [5, 5.41) is 0. The summed E-state index contributed by atoms with van der Waals surface area (Å²) < 4.78 is 67.4. The van der Waals surface area contributed by atoms with Crippen molar-refractivity contribution in [2.45, 2.75) is 24.9 Å². The van der Waals surface area contributed by atoms with Crippen LogP contribution in [0.2, 0.25) is 0 Å². The zero-order valence-corrected chi connectivity index (χ0v) is 15.6. The van der Waals surface area contributed by atoms with E-state index in [9.17, 15) is 26.7 Å². The molecule has 7 nitrogen and oxygen atoms in total. The number of rotatable bonds is 3. The number of pyridine rings is 1. The monoisotopic (exact) mass is 428 g/mol. The smallest absolute Gasteiger partial charge is 0.384 e. The maximum Gasteiger partial charge on any atom is 0.417 e. The molecule has 4 heterocycles. The fraction of sp³-hybridized carbons (Fsp3) is 0.444. The van der Waals surface area contributed by atoms with Crippen molar-refractivity contribution in [1.29, 1.82) is 0 Å². The second-order valence-corrected chi connectivity index (χ2v) is 7.30. The molecule has 0 radical (unpaired) electrons. The highest BCUT2D eigenvalue weighted by atomic mass is 19.4. The number of piperidine rings is 1. The van der Waals surface area contributed by atoms with Crippen molar-refractivity contribution in [2.75, 3.05) is 41.7 Å². The van der Waals surface area contributed by atoms with Crippen LogP contribution in [-0.2, 0) is 11.0 Å². The number of ketones is 1. The lowest BCUT2D eigenvalue weighted by molar-refractivity contribution is -0.137. The number of Topliss-reactive ketones (excluding diaryl/α,β-unsaturated/α-hetero) is 1. The van der Waals surface area contributed by atoms with Crippen molar-refractivity contribution in [2.24, 2.45) is 0 Å². The van der Waals surface area contributed by atoms with E-state index in [-0.39, 0.29) is 47.5 Å². The van der Waals surface area contributed by atoms with Crippen LogP contribution in [0, 0.1) is 0 Å². The van der Waals surface area contributed by atoms with Gasteiger partial charge in [0.1, 0.15) is 17.4 Å². The fourth-order valence-electron chi connectivity index (χ4n) is 3.40. The van der Waals surface area contributed by atoms with Gasteiger partial charge in [-0.3, -0.25) is 4.79 Å². The average Bonchev–Trinajstić information content (AvgIpc) is 2.65. The number of aromatic nitrogens is 3. The van der Waals surface area contributed by atoms with Gasteiger partial charge < -0.3 is 15.5 Å². The third-order valence-corrected chi connectivity index (χ3v) is 4.98. The summed E-state index contributed by atoms with van der Waals surface area (Å²) >= 11 is 0. The standard InChI is InChI=1S/C18H17F5N6O/c19-17(20)8-29(9-17)15-6-13(11-7-25-14(24)5-12(11)18(21,22)23)26-16(27-15)28-3-1-10(30)2-4-28/h5-7H,1-4,8-9H2,(H2,24,25). The molecule has 12 heteroatoms. The molecule has 0 unspecified atom stereocenters. The Bertz CT molecular complexity index is 978. The number of hydrogen-bond acceptors (Lipinski definition) is 7. The number of carbonyl (C=O) groups excluding carboxylic acids is 1. The number of nitrogens with zero attached hydrogens (tertiary/aromatic N) is 5. The normalized spacial score (nSPS) is 19.0. The Morgan fingerprint density at radius 1 is 1.03 bits per heavy atom. The van der Waals surface area contributed by atoms with Crippen LogP contribution in [-0.4, -0.2) is 52.8 Å². The van der Waals surface area contributed by atoms with Gasteiger partial charge in [-0.25, -0.2) is 18.7 Å². The molecule has 0 aliphatic carbocycles. The van der Waals surface area contributed by atoms with Crippen LogP contribution < -0.4 is 15.5 Å². The predicted molar refractivity (Wildman–Crippen MR) is 98.3 cm³/mol. The summed E-state index contributed by atoms with van der Waals surface area (Å²) in [6.07, 6.45) is -3.26. The number of nitrogens with two attached hydrogens (primary N) is 1. The van der Waals surface area contributed by atoms with E-state index in [0.29, 0.717) is 19.2 Å². The SMILES string of the molecule is Nc1cc(C(F)(F)F)c(-c2cc(N3CC(F)(F)C3)nc(N3CCC(=O)CC3)n2)cn1. The molecule has 0 spiro atoms. The van der Waals surface area contributed by atoms with E-state index in [0.717, 1.165) is 6.20 Å². The van der Waals surface area contributed by atoms with Gasteiger partial charge in [0.25, 0.3) is 5.92 Å². The van der Waals surface area contributed by atoms with Gasteiger partial charge in [0.15, 0.2) is 0 Å². The van der Waals surface area contributed by atoms with Gasteiger partial charge in [-0.2, -0.15) is 18.2 Å². The van der Waals surface area contributed by atoms with Crippen LogP contribution >= 0.6 is 0 Å². The fourth-order valence-corrected chi connectivity index (χ4v) is 3.40. The van der Waals surface area contributed by atoms with Gasteiger partial charge in [0.05, 0.1) is 24.3 Å². The van der Waals surface area contributed by atoms with E-state index >= 15 is 0 Å². The van der Waals surface area contributed by atoms with Gasteiger partial charge >= 0.3 is 6.18 Å². The van der Waals surface area contributed by atoms with Gasteiger partial charge in [-0.05, 0) is 6.07 Å². The first-order chi connectivity index (χ1) is 14.0. The summed E-state index contributed by atoms with van der Waals surface area (Å²) in [5.41, 5.74) is 3.95. The summed E-state index contributed by atoms with van der Waals surface area (Å²) in [7, 11) is 0. The minimum atomic E-state index is -4.72. The Kier molecular flexibility index (Phi) is 4.74. The van der Waals surface area contributed by atoms with Crippen LogP contribution in [0.5, 0.6) is 0 Å². The van der Waals surface area contributed by atoms with Crippen LogP contribution in [0.15, 0.2) is 18.3 Å². The van der Waals surface area contributed by atoms with E-state index in [1.165, 1.54) is 11.0 Å². The Morgan fingerprint density at radius 3 is 2.30 bits per heavy atom. The average molecular weight is 428 g/mol. The minimum Gasteiger partial charge on any atom is -0.384 e. The number of carbonyl (C=O) groups is 1. The number of nitrogen functional groups attached to an aromatic ring is 1. The lowest BCUT2D eigenvalue weighted by Crippen LogP contribution is -2.56. The third kappa shape index (κ3) is 3.98. The molecular formula is C18H17F5N6O. The number of anilines is 3. The van der Waals surface area contributed by atoms with Crippen molar-refractivity contribution in [1.82, 2.24) is 15.0 Å². The Hall–Kier alpha value is -3.05. The summed E-state index contributed by atoms with van der Waals surface area (Å²) in [5.74, 6) is -2.97. The maximum atomic E-state index is 13.6. The number of hydrogen-bond donors (Lipinski definition) is 1. The van der Waals surface area contributed by atoms with Crippen LogP contribution in [0.4, 0.5) is 39.5 Å². The first kappa shape index (κ1) is 20.2. The third-order valence-electron chi connectivity index (χ3n) is 4.98. The molecule has 4 rings (SSSR count). The van der Waals surface area contributed by atoms with Crippen molar-refractivity contribution in [3.05, 3.63) is 23.9 Å². The molecule has 30 heavy (non-hydrogen) atoms. The second-order valence-electron chi connectivity index (χ2n) is 7.30. The molecule has 2 saturated heterocycles. The van der Waals surface area contributed by atoms with Gasteiger partial charge in [0, 0.05) is 43.8 Å². The van der Waals surface area contributed by atoms with Gasteiger partial charge in [0.2, 0.25) is 5.95 Å². The molecule has 0 amide bonds. The zero-order chi connectivity index (χ0) is 21.7. The largest absolute Gasteiger partial charge is 0.417 e. The molecule has 2 aromatic rings. The Labute approximate surface area is 167 Å². The topological polar surface area (TPSA) is 88.2 Å². The number of alkyl halides is 5. The highest BCUT2D eigenvalue weighted by molar-refractivity contribution is 5.81. The Balaban J connectivity index is 1.80.